The number of hydrogen-bond acceptors (Lipinski definition) is 3. The number of nitrogen functional groups attached to an aromatic ring is 1. The van der Waals surface area contributed by atoms with Gasteiger partial charge >= 0.3 is 0 Å². The number of aromatic nitrogens is 1. The van der Waals surface area contributed by atoms with Crippen LogP contribution >= 0.6 is 11.6 Å². The zero-order chi connectivity index (χ0) is 12.8. The fourth-order valence-corrected chi connectivity index (χ4v) is 2.25. The molecule has 0 atom stereocenters. The number of halogens is 1. The van der Waals surface area contributed by atoms with E-state index in [0.29, 0.717) is 10.7 Å². The molecule has 1 aliphatic rings. The minimum Gasteiger partial charge on any atom is -0.397 e. The maximum absolute atomic E-state index is 6.15. The number of nitrogens with two attached hydrogens (primary N) is 2. The Bertz CT molecular complexity index is 588. The first-order chi connectivity index (χ1) is 8.58. The molecule has 4 heteroatoms. The molecule has 92 valence electrons. The second-order valence-electron chi connectivity index (χ2n) is 4.82. The van der Waals surface area contributed by atoms with Crippen LogP contribution in [0.4, 0.5) is 5.69 Å². The molecular formula is C14H14ClN3. The van der Waals surface area contributed by atoms with Crippen LogP contribution in [-0.4, -0.2) is 4.98 Å². The number of hydrogen-bond donors (Lipinski definition) is 2. The van der Waals surface area contributed by atoms with Crippen LogP contribution < -0.4 is 11.5 Å². The van der Waals surface area contributed by atoms with E-state index in [9.17, 15) is 0 Å². The molecule has 4 N–H and O–H groups in total. The quantitative estimate of drug-likeness (QED) is 0.872. The van der Waals surface area contributed by atoms with Crippen LogP contribution in [0.2, 0.25) is 5.02 Å². The lowest BCUT2D eigenvalue weighted by atomic mass is 10.0. The predicted octanol–water partition coefficient (Wildman–Crippen LogP) is 2.93. The van der Waals surface area contributed by atoms with Crippen molar-refractivity contribution in [2.75, 3.05) is 5.73 Å². The lowest BCUT2D eigenvalue weighted by molar-refractivity contribution is 0.740. The summed E-state index contributed by atoms with van der Waals surface area (Å²) in [6.07, 6.45) is 3.73. The van der Waals surface area contributed by atoms with E-state index >= 15 is 0 Å². The van der Waals surface area contributed by atoms with Gasteiger partial charge in [-0.05, 0) is 24.5 Å². The summed E-state index contributed by atoms with van der Waals surface area (Å²) >= 11 is 5.84. The van der Waals surface area contributed by atoms with Crippen LogP contribution in [0.3, 0.4) is 0 Å². The minimum atomic E-state index is -0.0997. The third kappa shape index (κ3) is 1.96. The van der Waals surface area contributed by atoms with E-state index in [4.69, 9.17) is 23.1 Å². The van der Waals surface area contributed by atoms with Crippen molar-refractivity contribution in [3.8, 4) is 11.3 Å². The second kappa shape index (κ2) is 3.97. The van der Waals surface area contributed by atoms with E-state index in [1.54, 1.807) is 12.3 Å². The Balaban J connectivity index is 1.97. The van der Waals surface area contributed by atoms with Gasteiger partial charge in [0, 0.05) is 17.3 Å². The third-order valence-corrected chi connectivity index (χ3v) is 3.61. The highest BCUT2D eigenvalue weighted by Gasteiger charge is 2.39. The topological polar surface area (TPSA) is 64.9 Å². The normalized spacial score (nSPS) is 16.6. The lowest BCUT2D eigenvalue weighted by Crippen LogP contribution is -2.18. The molecule has 0 spiro atoms. The molecule has 1 fully saturated rings. The first kappa shape index (κ1) is 11.5. The van der Waals surface area contributed by atoms with Gasteiger partial charge < -0.3 is 11.5 Å². The van der Waals surface area contributed by atoms with Crippen molar-refractivity contribution in [2.45, 2.75) is 18.4 Å². The molecule has 1 aliphatic carbocycles. The molecule has 1 saturated carbocycles. The molecular weight excluding hydrogens is 246 g/mol. The van der Waals surface area contributed by atoms with Gasteiger partial charge in [0.2, 0.25) is 0 Å². The molecule has 1 aromatic heterocycles. The molecule has 2 aromatic rings. The molecule has 0 bridgehead atoms. The van der Waals surface area contributed by atoms with Crippen LogP contribution in [-0.2, 0) is 5.54 Å². The molecule has 0 unspecified atom stereocenters. The van der Waals surface area contributed by atoms with Gasteiger partial charge in [-0.15, -0.1) is 0 Å². The van der Waals surface area contributed by atoms with Gasteiger partial charge in [0.25, 0.3) is 0 Å². The van der Waals surface area contributed by atoms with Crippen LogP contribution in [0.25, 0.3) is 11.3 Å². The van der Waals surface area contributed by atoms with Crippen molar-refractivity contribution < 1.29 is 0 Å². The Hall–Kier alpha value is -1.58. The SMILES string of the molecule is Nc1cc(Cl)cnc1-c1ccc(C2(N)CC2)cc1. The maximum atomic E-state index is 6.15. The number of rotatable bonds is 2. The standard InChI is InChI=1S/C14H14ClN3/c15-11-7-12(16)13(18-8-11)9-1-3-10(4-2-9)14(17)5-6-14/h1-4,7-8H,5-6,16-17H2. The summed E-state index contributed by atoms with van der Waals surface area (Å²) < 4.78 is 0. The summed E-state index contributed by atoms with van der Waals surface area (Å²) in [5, 5.41) is 0.548. The molecule has 18 heavy (non-hydrogen) atoms. The maximum Gasteiger partial charge on any atom is 0.0932 e. The minimum absolute atomic E-state index is 0.0997. The summed E-state index contributed by atoms with van der Waals surface area (Å²) in [5.41, 5.74) is 15.5. The fourth-order valence-electron chi connectivity index (χ4n) is 2.08. The smallest absolute Gasteiger partial charge is 0.0932 e. The highest BCUT2D eigenvalue weighted by molar-refractivity contribution is 6.30. The summed E-state index contributed by atoms with van der Waals surface area (Å²) in [6.45, 7) is 0. The van der Waals surface area contributed by atoms with Crippen molar-refractivity contribution >= 4 is 17.3 Å². The van der Waals surface area contributed by atoms with Crippen LogP contribution in [0, 0.1) is 0 Å². The number of anilines is 1. The Morgan fingerprint density at radius 2 is 1.83 bits per heavy atom. The highest BCUT2D eigenvalue weighted by Crippen LogP contribution is 2.43. The number of nitrogens with zero attached hydrogens (tertiary/aromatic N) is 1. The summed E-state index contributed by atoms with van der Waals surface area (Å²) in [6, 6.07) is 9.84. The highest BCUT2D eigenvalue weighted by atomic mass is 35.5. The summed E-state index contributed by atoms with van der Waals surface area (Å²) in [5.74, 6) is 0. The predicted molar refractivity (Wildman–Crippen MR) is 74.2 cm³/mol. The largest absolute Gasteiger partial charge is 0.397 e. The van der Waals surface area contributed by atoms with E-state index in [-0.39, 0.29) is 5.54 Å². The number of pyridine rings is 1. The molecule has 0 aliphatic heterocycles. The third-order valence-electron chi connectivity index (χ3n) is 3.41. The Labute approximate surface area is 111 Å². The Morgan fingerprint density at radius 1 is 1.17 bits per heavy atom. The van der Waals surface area contributed by atoms with Crippen molar-refractivity contribution in [3.05, 3.63) is 47.1 Å². The molecule has 0 amide bonds. The Morgan fingerprint density at radius 3 is 2.39 bits per heavy atom. The first-order valence-corrected chi connectivity index (χ1v) is 6.27. The average molecular weight is 260 g/mol. The van der Waals surface area contributed by atoms with Gasteiger partial charge in [0.05, 0.1) is 16.4 Å². The van der Waals surface area contributed by atoms with E-state index in [1.165, 1.54) is 5.56 Å². The van der Waals surface area contributed by atoms with E-state index in [1.807, 2.05) is 12.1 Å². The summed E-state index contributed by atoms with van der Waals surface area (Å²) in [7, 11) is 0. The van der Waals surface area contributed by atoms with Crippen LogP contribution in [0.15, 0.2) is 36.5 Å². The van der Waals surface area contributed by atoms with Gasteiger partial charge in [-0.2, -0.15) is 0 Å². The zero-order valence-electron chi connectivity index (χ0n) is 9.86. The monoisotopic (exact) mass is 259 g/mol. The molecule has 1 heterocycles. The fraction of sp³-hybridized carbons (Fsp3) is 0.214. The van der Waals surface area contributed by atoms with Gasteiger partial charge in [-0.25, -0.2) is 0 Å². The van der Waals surface area contributed by atoms with Crippen molar-refractivity contribution in [2.24, 2.45) is 5.73 Å². The van der Waals surface area contributed by atoms with Crippen LogP contribution in [0.1, 0.15) is 18.4 Å². The van der Waals surface area contributed by atoms with Crippen molar-refractivity contribution in [1.29, 1.82) is 0 Å². The van der Waals surface area contributed by atoms with Gasteiger partial charge in [-0.3, -0.25) is 4.98 Å². The van der Waals surface area contributed by atoms with E-state index < -0.39 is 0 Å². The average Bonchev–Trinajstić information content (AvgIpc) is 3.09. The van der Waals surface area contributed by atoms with Gasteiger partial charge in [0.1, 0.15) is 0 Å². The zero-order valence-corrected chi connectivity index (χ0v) is 10.6. The van der Waals surface area contributed by atoms with E-state index in [0.717, 1.165) is 24.1 Å². The first-order valence-electron chi connectivity index (χ1n) is 5.89. The van der Waals surface area contributed by atoms with Crippen LogP contribution in [0.5, 0.6) is 0 Å². The molecule has 0 saturated heterocycles. The van der Waals surface area contributed by atoms with Gasteiger partial charge in [-0.1, -0.05) is 35.9 Å². The second-order valence-corrected chi connectivity index (χ2v) is 5.26. The summed E-state index contributed by atoms with van der Waals surface area (Å²) in [4.78, 5) is 4.27. The van der Waals surface area contributed by atoms with E-state index in [2.05, 4.69) is 17.1 Å². The Kier molecular flexibility index (Phi) is 2.54. The molecule has 3 rings (SSSR count). The molecule has 0 radical (unpaired) electrons. The lowest BCUT2D eigenvalue weighted by Gasteiger charge is -2.10. The van der Waals surface area contributed by atoms with Crippen molar-refractivity contribution in [3.63, 3.8) is 0 Å². The van der Waals surface area contributed by atoms with Gasteiger partial charge in [0.15, 0.2) is 0 Å². The molecule has 3 nitrogen and oxygen atoms in total. The molecule has 1 aromatic carbocycles. The van der Waals surface area contributed by atoms with Crippen molar-refractivity contribution in [1.82, 2.24) is 4.98 Å². The number of benzene rings is 1.